The van der Waals surface area contributed by atoms with Gasteiger partial charge in [-0.05, 0) is 108 Å². The van der Waals surface area contributed by atoms with Gasteiger partial charge in [-0.25, -0.2) is 13.6 Å². The molecule has 6 rings (SSSR count). The Hall–Kier alpha value is -2.27. The number of carbonyl (C=O) groups is 3. The molecule has 65 heavy (non-hydrogen) atoms. The zero-order valence-corrected chi connectivity index (χ0v) is 40.8. The molecule has 5 N–H and O–H groups in total. The van der Waals surface area contributed by atoms with Gasteiger partial charge in [-0.1, -0.05) is 61.5 Å². The monoisotopic (exact) mass is 925 g/mol. The third-order valence-electron chi connectivity index (χ3n) is 17.2. The number of aliphatic hydroxyl groups excluding tert-OH is 1. The normalized spacial score (nSPS) is 42.2. The van der Waals surface area contributed by atoms with Gasteiger partial charge in [-0.2, -0.15) is 0 Å². The fourth-order valence-electron chi connectivity index (χ4n) is 12.4. The summed E-state index contributed by atoms with van der Waals surface area (Å²) in [5.74, 6) is -9.15. The number of ether oxygens (including phenoxy) is 5. The van der Waals surface area contributed by atoms with Crippen molar-refractivity contribution in [2.24, 2.45) is 47.3 Å². The maximum Gasteiger partial charge on any atom is 0.315 e. The number of aliphatic hydroxyl groups is 2. The maximum atomic E-state index is 14.7. The molecule has 0 aromatic rings. The number of halogens is 2. The van der Waals surface area contributed by atoms with Gasteiger partial charge in [0.25, 0.3) is 0 Å². The lowest BCUT2D eigenvalue weighted by Crippen LogP contribution is -2.66. The second-order valence-electron chi connectivity index (χ2n) is 21.6. The van der Waals surface area contributed by atoms with E-state index in [1.54, 1.807) is 6.92 Å². The van der Waals surface area contributed by atoms with E-state index in [0.717, 1.165) is 6.42 Å². The van der Waals surface area contributed by atoms with Crippen molar-refractivity contribution in [1.29, 1.82) is 0 Å². The molecule has 0 radical (unpaired) electrons. The molecule has 1 saturated carbocycles. The standard InChI is InChI=1S/C50H82F2N2O11/c1-11-35(44(57)58)37-15-14-28(4)42(62-37)32(8)40(55)31(7)41(56)36(12-2)43-29(5)26-30(6)49(63-43)23-18-38(54-45(59)53-27-34-16-21-48(51,52)22-17-34)50(65-49)25-24-46(10,64-50)39-19-20-47(60,13-3)33(9)61-39/h18,23,28-40,42-43,55,60H,11-17,19-22,24-27H2,1-10H3,(H,57,58)(H2,53,54,59)/t28-,29-,30+,31-,32-,33-,35+,36-,37+,38+,39+,40+,42+,43-,46-,47+,49-,50-/m0/s1. The molecule has 6 aliphatic rings. The summed E-state index contributed by atoms with van der Waals surface area (Å²) >= 11 is 0. The zero-order valence-electron chi connectivity index (χ0n) is 40.8. The third-order valence-corrected chi connectivity index (χ3v) is 17.2. The van der Waals surface area contributed by atoms with Crippen LogP contribution in [-0.4, -0.2) is 111 Å². The van der Waals surface area contributed by atoms with Crippen molar-refractivity contribution in [1.82, 2.24) is 10.6 Å². The van der Waals surface area contributed by atoms with E-state index >= 15 is 0 Å². The highest BCUT2D eigenvalue weighted by molar-refractivity contribution is 5.84. The van der Waals surface area contributed by atoms with Crippen LogP contribution in [0, 0.1) is 47.3 Å². The van der Waals surface area contributed by atoms with E-state index in [9.17, 15) is 38.5 Å². The number of Topliss-reactive ketones (excluding diaryl/α,β-unsaturated/α-hetero) is 1. The molecule has 5 heterocycles. The Balaban J connectivity index is 1.22. The molecule has 18 atom stereocenters. The Bertz CT molecular complexity index is 1690. The Labute approximate surface area is 386 Å². The smallest absolute Gasteiger partial charge is 0.315 e. The topological polar surface area (TPSA) is 182 Å². The van der Waals surface area contributed by atoms with E-state index in [2.05, 4.69) is 24.5 Å². The van der Waals surface area contributed by atoms with Gasteiger partial charge >= 0.3 is 12.0 Å². The fraction of sp³-hybridized carbons (Fsp3) is 0.900. The number of nitrogens with one attached hydrogen (secondary N) is 2. The van der Waals surface area contributed by atoms with Gasteiger partial charge in [0, 0.05) is 49.5 Å². The number of carboxylic acids is 1. The van der Waals surface area contributed by atoms with Crippen molar-refractivity contribution in [3.8, 4) is 0 Å². The molecular formula is C50H82F2N2O11. The van der Waals surface area contributed by atoms with E-state index in [4.69, 9.17) is 23.7 Å². The Morgan fingerprint density at radius 1 is 0.846 bits per heavy atom. The van der Waals surface area contributed by atoms with Crippen LogP contribution >= 0.6 is 0 Å². The Kier molecular flexibility index (Phi) is 16.3. The maximum absolute atomic E-state index is 14.7. The molecule has 2 spiro atoms. The summed E-state index contributed by atoms with van der Waals surface area (Å²) in [6, 6.07) is -1.25. The van der Waals surface area contributed by atoms with E-state index in [0.29, 0.717) is 70.6 Å². The molecule has 1 aliphatic carbocycles. The van der Waals surface area contributed by atoms with Crippen LogP contribution in [0.15, 0.2) is 12.2 Å². The summed E-state index contributed by atoms with van der Waals surface area (Å²) in [5, 5.41) is 39.0. The largest absolute Gasteiger partial charge is 0.481 e. The number of urea groups is 1. The first kappa shape index (κ1) is 52.1. The van der Waals surface area contributed by atoms with E-state index in [1.807, 2.05) is 60.6 Å². The number of amides is 2. The minimum absolute atomic E-state index is 0.0560. The quantitative estimate of drug-likeness (QED) is 0.0997. The molecular weight excluding hydrogens is 843 g/mol. The number of hydrogen-bond donors (Lipinski definition) is 5. The lowest BCUT2D eigenvalue weighted by atomic mass is 9.72. The number of carboxylic acid groups (broad SMARTS) is 1. The van der Waals surface area contributed by atoms with Gasteiger partial charge in [0.2, 0.25) is 5.92 Å². The van der Waals surface area contributed by atoms with Crippen LogP contribution in [0.4, 0.5) is 13.6 Å². The van der Waals surface area contributed by atoms with Crippen LogP contribution in [0.25, 0.3) is 0 Å². The summed E-state index contributed by atoms with van der Waals surface area (Å²) in [5.41, 5.74) is -1.81. The number of aliphatic carboxylic acids is 1. The van der Waals surface area contributed by atoms with Gasteiger partial charge in [0.15, 0.2) is 11.6 Å². The Morgan fingerprint density at radius 2 is 1.52 bits per heavy atom. The van der Waals surface area contributed by atoms with Crippen LogP contribution < -0.4 is 10.6 Å². The van der Waals surface area contributed by atoms with Crippen molar-refractivity contribution < 1.29 is 62.2 Å². The van der Waals surface area contributed by atoms with Gasteiger partial charge in [0.05, 0.1) is 53.7 Å². The van der Waals surface area contributed by atoms with Crippen molar-refractivity contribution in [2.75, 3.05) is 6.54 Å². The predicted molar refractivity (Wildman–Crippen MR) is 240 cm³/mol. The highest BCUT2D eigenvalue weighted by Crippen LogP contribution is 2.54. The van der Waals surface area contributed by atoms with Crippen LogP contribution in [0.5, 0.6) is 0 Å². The summed E-state index contributed by atoms with van der Waals surface area (Å²) in [7, 11) is 0. The molecule has 372 valence electrons. The number of carbonyl (C=O) groups excluding carboxylic acids is 2. The fourth-order valence-corrected chi connectivity index (χ4v) is 12.4. The molecule has 0 bridgehead atoms. The van der Waals surface area contributed by atoms with Gasteiger partial charge in [-0.3, -0.25) is 9.59 Å². The van der Waals surface area contributed by atoms with Crippen molar-refractivity contribution in [3.63, 3.8) is 0 Å². The number of hydrogen-bond acceptors (Lipinski definition) is 10. The highest BCUT2D eigenvalue weighted by Gasteiger charge is 2.63. The Morgan fingerprint density at radius 3 is 2.14 bits per heavy atom. The minimum Gasteiger partial charge on any atom is -0.481 e. The highest BCUT2D eigenvalue weighted by atomic mass is 19.3. The molecule has 4 saturated heterocycles. The lowest BCUT2D eigenvalue weighted by molar-refractivity contribution is -0.397. The zero-order chi connectivity index (χ0) is 47.9. The first-order valence-corrected chi connectivity index (χ1v) is 25.1. The molecule has 5 aliphatic heterocycles. The van der Waals surface area contributed by atoms with E-state index in [-0.39, 0.29) is 54.9 Å². The number of rotatable bonds is 15. The van der Waals surface area contributed by atoms with Gasteiger partial charge in [-0.15, -0.1) is 0 Å². The first-order chi connectivity index (χ1) is 30.5. The molecule has 5 fully saturated rings. The minimum atomic E-state index is -2.66. The third kappa shape index (κ3) is 10.8. The molecule has 0 aromatic carbocycles. The second kappa shape index (κ2) is 20.4. The molecule has 2 amide bonds. The number of ketones is 1. The SMILES string of the molecule is CC[C@@H](C(=O)[C@@H](C)[C@@H](O)[C@H](C)[C@@H]1O[C@@H]([C@@H](CC)C(=O)O)CC[C@@H]1C)[C@H]1O[C@]2(C=C[C@@H](NC(=O)NCC3CCC(F)(F)CC3)[C@]3(CC[C@@](C)([C@H]4CC[C@](O)(CC)[C@H](C)O4)O3)O2)[C@H](C)C[C@@H]1C. The molecule has 13 nitrogen and oxygen atoms in total. The summed E-state index contributed by atoms with van der Waals surface area (Å²) < 4.78 is 62.3. The first-order valence-electron chi connectivity index (χ1n) is 25.1. The van der Waals surface area contributed by atoms with Crippen LogP contribution in [-0.2, 0) is 33.3 Å². The van der Waals surface area contributed by atoms with Crippen molar-refractivity contribution >= 4 is 17.8 Å². The van der Waals surface area contributed by atoms with E-state index < -0.39 is 101 Å². The summed E-state index contributed by atoms with van der Waals surface area (Å²) in [6.07, 6.45) is 6.12. The average Bonchev–Trinajstić information content (AvgIpc) is 3.60. The van der Waals surface area contributed by atoms with Crippen molar-refractivity contribution in [3.05, 3.63) is 12.2 Å². The number of alkyl halides is 2. The lowest BCUT2D eigenvalue weighted by Gasteiger charge is -2.55. The molecule has 0 unspecified atom stereocenters. The van der Waals surface area contributed by atoms with Crippen molar-refractivity contribution in [2.45, 2.75) is 230 Å². The van der Waals surface area contributed by atoms with E-state index in [1.165, 1.54) is 0 Å². The second-order valence-corrected chi connectivity index (χ2v) is 21.6. The van der Waals surface area contributed by atoms with Gasteiger partial charge in [0.1, 0.15) is 11.8 Å². The van der Waals surface area contributed by atoms with Crippen LogP contribution in [0.2, 0.25) is 0 Å². The van der Waals surface area contributed by atoms with Crippen LogP contribution in [0.3, 0.4) is 0 Å². The summed E-state index contributed by atoms with van der Waals surface area (Å²) in [4.78, 5) is 40.4. The summed E-state index contributed by atoms with van der Waals surface area (Å²) in [6.45, 7) is 19.7. The average molecular weight is 925 g/mol. The predicted octanol–water partition coefficient (Wildman–Crippen LogP) is 8.32. The molecule has 15 heteroatoms. The van der Waals surface area contributed by atoms with Gasteiger partial charge < -0.3 is 49.6 Å². The van der Waals surface area contributed by atoms with Crippen LogP contribution in [0.1, 0.15) is 159 Å². The molecule has 0 aromatic heterocycles.